The van der Waals surface area contributed by atoms with Crippen molar-refractivity contribution >= 4 is 0 Å². The van der Waals surface area contributed by atoms with Crippen molar-refractivity contribution in [2.75, 3.05) is 26.3 Å². The summed E-state index contributed by atoms with van der Waals surface area (Å²) >= 11 is 0. The second-order valence-corrected chi connectivity index (χ2v) is 6.23. The van der Waals surface area contributed by atoms with Gasteiger partial charge >= 0.3 is 0 Å². The van der Waals surface area contributed by atoms with Gasteiger partial charge in [0.1, 0.15) is 0 Å². The van der Waals surface area contributed by atoms with Crippen LogP contribution in [0.5, 0.6) is 0 Å². The molecule has 0 bridgehead atoms. The van der Waals surface area contributed by atoms with Crippen molar-refractivity contribution in [1.82, 2.24) is 4.90 Å². The third-order valence-corrected chi connectivity index (χ3v) is 5.23. The quantitative estimate of drug-likeness (QED) is 0.748. The van der Waals surface area contributed by atoms with Crippen molar-refractivity contribution in [3.63, 3.8) is 0 Å². The number of ether oxygens (including phenoxy) is 1. The molecule has 1 aliphatic heterocycles. The van der Waals surface area contributed by atoms with Crippen LogP contribution in [0, 0.1) is 11.8 Å². The van der Waals surface area contributed by atoms with Gasteiger partial charge in [0.2, 0.25) is 0 Å². The van der Waals surface area contributed by atoms with E-state index in [1.54, 1.807) is 0 Å². The van der Waals surface area contributed by atoms with Gasteiger partial charge in [-0.25, -0.2) is 0 Å². The highest BCUT2D eigenvalue weighted by atomic mass is 16.5. The fraction of sp³-hybridized carbons (Fsp3) is 1.00. The van der Waals surface area contributed by atoms with Crippen LogP contribution in [0.1, 0.15) is 51.4 Å². The van der Waals surface area contributed by atoms with E-state index in [2.05, 4.69) is 4.90 Å². The predicted molar refractivity (Wildman–Crippen MR) is 70.1 cm³/mol. The molecule has 17 heavy (non-hydrogen) atoms. The van der Waals surface area contributed by atoms with Crippen molar-refractivity contribution < 1.29 is 4.74 Å². The van der Waals surface area contributed by atoms with E-state index in [0.717, 1.165) is 31.1 Å². The molecule has 3 fully saturated rings. The van der Waals surface area contributed by atoms with E-state index in [9.17, 15) is 0 Å². The molecule has 1 heterocycles. The van der Waals surface area contributed by atoms with E-state index >= 15 is 0 Å². The van der Waals surface area contributed by atoms with Gasteiger partial charge in [0.15, 0.2) is 0 Å². The van der Waals surface area contributed by atoms with E-state index in [1.165, 1.54) is 64.5 Å². The van der Waals surface area contributed by atoms with Gasteiger partial charge in [-0.3, -0.25) is 4.90 Å². The molecule has 0 aromatic carbocycles. The van der Waals surface area contributed by atoms with Gasteiger partial charge in [0, 0.05) is 19.1 Å². The topological polar surface area (TPSA) is 12.5 Å². The van der Waals surface area contributed by atoms with Gasteiger partial charge in [-0.05, 0) is 37.5 Å². The fourth-order valence-electron chi connectivity index (χ4n) is 4.45. The first-order valence-electron chi connectivity index (χ1n) is 7.77. The molecule has 0 aromatic heterocycles. The first-order chi connectivity index (χ1) is 8.45. The van der Waals surface area contributed by atoms with Gasteiger partial charge in [-0.15, -0.1) is 0 Å². The third-order valence-electron chi connectivity index (χ3n) is 5.23. The molecule has 0 atom stereocenters. The Labute approximate surface area is 106 Å². The molecular weight excluding hydrogens is 210 g/mol. The first-order valence-corrected chi connectivity index (χ1v) is 7.77. The van der Waals surface area contributed by atoms with Crippen molar-refractivity contribution in [1.29, 1.82) is 0 Å². The molecule has 2 heteroatoms. The number of hydrogen-bond acceptors (Lipinski definition) is 2. The smallest absolute Gasteiger partial charge is 0.0594 e. The van der Waals surface area contributed by atoms with Crippen LogP contribution >= 0.6 is 0 Å². The summed E-state index contributed by atoms with van der Waals surface area (Å²) in [6, 6.07) is 0.906. The molecule has 0 unspecified atom stereocenters. The highest BCUT2D eigenvalue weighted by Crippen LogP contribution is 2.40. The van der Waals surface area contributed by atoms with Crippen molar-refractivity contribution in [3.05, 3.63) is 0 Å². The van der Waals surface area contributed by atoms with Crippen LogP contribution in [0.3, 0.4) is 0 Å². The second kappa shape index (κ2) is 5.71. The van der Waals surface area contributed by atoms with Gasteiger partial charge < -0.3 is 4.74 Å². The molecule has 98 valence electrons. The van der Waals surface area contributed by atoms with Gasteiger partial charge in [-0.2, -0.15) is 0 Å². The lowest BCUT2D eigenvalue weighted by Gasteiger charge is -2.41. The molecule has 3 rings (SSSR count). The molecule has 3 aliphatic rings. The van der Waals surface area contributed by atoms with Crippen LogP contribution in [-0.4, -0.2) is 37.2 Å². The number of nitrogens with zero attached hydrogens (tertiary/aromatic N) is 1. The summed E-state index contributed by atoms with van der Waals surface area (Å²) in [5.41, 5.74) is 0. The molecular formula is C15H27NO. The van der Waals surface area contributed by atoms with E-state index in [0.29, 0.717) is 0 Å². The molecule has 0 aromatic rings. The molecule has 2 saturated carbocycles. The Morgan fingerprint density at radius 1 is 0.765 bits per heavy atom. The summed E-state index contributed by atoms with van der Waals surface area (Å²) in [4.78, 5) is 2.79. The maximum absolute atomic E-state index is 5.53. The molecule has 0 radical (unpaired) electrons. The first kappa shape index (κ1) is 12.0. The molecule has 1 saturated heterocycles. The van der Waals surface area contributed by atoms with E-state index in [1.807, 2.05) is 0 Å². The summed E-state index contributed by atoms with van der Waals surface area (Å²) in [5, 5.41) is 0. The maximum atomic E-state index is 5.53. The van der Waals surface area contributed by atoms with Crippen LogP contribution in [0.2, 0.25) is 0 Å². The highest BCUT2D eigenvalue weighted by molar-refractivity contribution is 4.90. The van der Waals surface area contributed by atoms with Gasteiger partial charge in [0.05, 0.1) is 13.2 Å². The molecule has 0 amide bonds. The van der Waals surface area contributed by atoms with E-state index in [4.69, 9.17) is 4.74 Å². The van der Waals surface area contributed by atoms with Gasteiger partial charge in [0.25, 0.3) is 0 Å². The Kier molecular flexibility index (Phi) is 4.02. The summed E-state index contributed by atoms with van der Waals surface area (Å²) in [6.07, 6.45) is 11.9. The third kappa shape index (κ3) is 2.68. The molecule has 0 spiro atoms. The van der Waals surface area contributed by atoms with E-state index in [-0.39, 0.29) is 0 Å². The van der Waals surface area contributed by atoms with Crippen LogP contribution in [0.4, 0.5) is 0 Å². The minimum absolute atomic E-state index is 0.906. The highest BCUT2D eigenvalue weighted by Gasteiger charge is 2.37. The van der Waals surface area contributed by atoms with Crippen LogP contribution in [0.25, 0.3) is 0 Å². The lowest BCUT2D eigenvalue weighted by molar-refractivity contribution is -0.0134. The average molecular weight is 237 g/mol. The van der Waals surface area contributed by atoms with Crippen molar-refractivity contribution in [2.45, 2.75) is 57.4 Å². The van der Waals surface area contributed by atoms with Crippen LogP contribution < -0.4 is 0 Å². The summed E-state index contributed by atoms with van der Waals surface area (Å²) in [6.45, 7) is 4.32. The van der Waals surface area contributed by atoms with Crippen molar-refractivity contribution in [2.24, 2.45) is 11.8 Å². The Morgan fingerprint density at radius 3 is 1.71 bits per heavy atom. The lowest BCUT2D eigenvalue weighted by atomic mass is 9.84. The zero-order valence-electron chi connectivity index (χ0n) is 11.1. The number of hydrogen-bond donors (Lipinski definition) is 0. The Balaban J connectivity index is 1.69. The Morgan fingerprint density at radius 2 is 1.24 bits per heavy atom. The minimum atomic E-state index is 0.906. The predicted octanol–water partition coefficient (Wildman–Crippen LogP) is 3.07. The fourth-order valence-corrected chi connectivity index (χ4v) is 4.45. The lowest BCUT2D eigenvalue weighted by Crippen LogP contribution is -2.49. The minimum Gasteiger partial charge on any atom is -0.379 e. The zero-order valence-corrected chi connectivity index (χ0v) is 11.1. The average Bonchev–Trinajstić information content (AvgIpc) is 3.04. The maximum Gasteiger partial charge on any atom is 0.0594 e. The largest absolute Gasteiger partial charge is 0.379 e. The van der Waals surface area contributed by atoms with Crippen LogP contribution in [0.15, 0.2) is 0 Å². The summed E-state index contributed by atoms with van der Waals surface area (Å²) < 4.78 is 5.53. The molecule has 2 nitrogen and oxygen atoms in total. The molecule has 2 aliphatic carbocycles. The normalized spacial score (nSPS) is 29.5. The monoisotopic (exact) mass is 237 g/mol. The SMILES string of the molecule is C1CCC(C(C2CCCC2)N2CCOCC2)C1. The standard InChI is InChI=1S/C15H27NO/c1-2-6-13(5-1)15(14-7-3-4-8-14)16-9-11-17-12-10-16/h13-15H,1-12H2. The summed E-state index contributed by atoms with van der Waals surface area (Å²) in [5.74, 6) is 2.02. The number of morpholine rings is 1. The van der Waals surface area contributed by atoms with Crippen LogP contribution in [-0.2, 0) is 4.74 Å². The Hall–Kier alpha value is -0.0800. The summed E-state index contributed by atoms with van der Waals surface area (Å²) in [7, 11) is 0. The van der Waals surface area contributed by atoms with E-state index < -0.39 is 0 Å². The Bertz CT molecular complexity index is 209. The molecule has 0 N–H and O–H groups in total. The van der Waals surface area contributed by atoms with Crippen molar-refractivity contribution in [3.8, 4) is 0 Å². The second-order valence-electron chi connectivity index (χ2n) is 6.23. The van der Waals surface area contributed by atoms with Gasteiger partial charge in [-0.1, -0.05) is 25.7 Å². The zero-order chi connectivity index (χ0) is 11.5. The number of rotatable bonds is 3.